The Bertz CT molecular complexity index is 437. The Morgan fingerprint density at radius 1 is 1.21 bits per heavy atom. The van der Waals surface area contributed by atoms with Crippen molar-refractivity contribution in [1.82, 2.24) is 0 Å². The van der Waals surface area contributed by atoms with E-state index < -0.39 is 6.04 Å². The van der Waals surface area contributed by atoms with Crippen LogP contribution in [0.3, 0.4) is 0 Å². The highest BCUT2D eigenvalue weighted by Gasteiger charge is 2.17. The van der Waals surface area contributed by atoms with Crippen molar-refractivity contribution in [1.29, 1.82) is 0 Å². The van der Waals surface area contributed by atoms with E-state index >= 15 is 0 Å². The van der Waals surface area contributed by atoms with Gasteiger partial charge in [0, 0.05) is 12.0 Å². The maximum Gasteiger partial charge on any atom is 0.305 e. The number of esters is 1. The molecular formula is C15H21NO3. The Kier molecular flexibility index (Phi) is 5.70. The molecule has 4 heteroatoms. The highest BCUT2D eigenvalue weighted by Crippen LogP contribution is 2.16. The molecule has 0 spiro atoms. The van der Waals surface area contributed by atoms with Crippen molar-refractivity contribution in [2.24, 2.45) is 5.73 Å². The number of ketones is 1. The molecular weight excluding hydrogens is 242 g/mol. The minimum Gasteiger partial charge on any atom is -0.469 e. The summed E-state index contributed by atoms with van der Waals surface area (Å²) in [6, 6.07) is 6.78. The summed E-state index contributed by atoms with van der Waals surface area (Å²) in [5.74, 6) is -0.0604. The first-order valence-corrected chi connectivity index (χ1v) is 6.42. The van der Waals surface area contributed by atoms with Crippen molar-refractivity contribution in [3.63, 3.8) is 0 Å². The summed E-state index contributed by atoms with van der Waals surface area (Å²) in [4.78, 5) is 23.1. The van der Waals surface area contributed by atoms with Crippen LogP contribution in [0.2, 0.25) is 0 Å². The van der Waals surface area contributed by atoms with Crippen LogP contribution < -0.4 is 5.73 Å². The van der Waals surface area contributed by atoms with Gasteiger partial charge in [0.05, 0.1) is 13.2 Å². The molecule has 1 atom stereocenters. The number of carbonyl (C=O) groups is 2. The molecule has 4 nitrogen and oxygen atoms in total. The molecule has 0 radical (unpaired) electrons. The number of methoxy groups -OCH3 is 1. The Labute approximate surface area is 113 Å². The monoisotopic (exact) mass is 263 g/mol. The molecule has 0 heterocycles. The van der Waals surface area contributed by atoms with Gasteiger partial charge in [-0.15, -0.1) is 0 Å². The highest BCUT2D eigenvalue weighted by molar-refractivity contribution is 6.00. The van der Waals surface area contributed by atoms with Crippen LogP contribution in [0.15, 0.2) is 24.3 Å². The molecule has 0 aliphatic carbocycles. The number of carbonyl (C=O) groups excluding carboxylic acids is 2. The highest BCUT2D eigenvalue weighted by atomic mass is 16.5. The van der Waals surface area contributed by atoms with Gasteiger partial charge in [0.2, 0.25) is 0 Å². The molecule has 0 amide bonds. The van der Waals surface area contributed by atoms with E-state index in [1.54, 1.807) is 12.1 Å². The van der Waals surface area contributed by atoms with Gasteiger partial charge in [-0.3, -0.25) is 9.59 Å². The molecule has 0 aromatic heterocycles. The second-order valence-electron chi connectivity index (χ2n) is 4.86. The average Bonchev–Trinajstić information content (AvgIpc) is 2.43. The third kappa shape index (κ3) is 4.48. The standard InChI is InChI=1S/C15H21NO3/c1-10(2)11-4-6-12(7-5-11)15(18)13(16)8-9-14(17)19-3/h4-7,10,13H,8-9,16H2,1-3H3. The van der Waals surface area contributed by atoms with E-state index in [4.69, 9.17) is 5.73 Å². The lowest BCUT2D eigenvalue weighted by Gasteiger charge is -2.11. The smallest absolute Gasteiger partial charge is 0.305 e. The lowest BCUT2D eigenvalue weighted by molar-refractivity contribution is -0.140. The van der Waals surface area contributed by atoms with Gasteiger partial charge in [-0.05, 0) is 17.9 Å². The number of ether oxygens (including phenoxy) is 1. The molecule has 2 N–H and O–H groups in total. The second-order valence-corrected chi connectivity index (χ2v) is 4.86. The third-order valence-corrected chi connectivity index (χ3v) is 3.09. The maximum absolute atomic E-state index is 12.0. The van der Waals surface area contributed by atoms with Gasteiger partial charge < -0.3 is 10.5 Å². The predicted octanol–water partition coefficient (Wildman–Crippen LogP) is 2.27. The minimum absolute atomic E-state index is 0.140. The Balaban J connectivity index is 2.63. The molecule has 0 aliphatic rings. The van der Waals surface area contributed by atoms with Gasteiger partial charge in [0.15, 0.2) is 5.78 Å². The maximum atomic E-state index is 12.0. The summed E-state index contributed by atoms with van der Waals surface area (Å²) < 4.78 is 4.52. The normalized spacial score (nSPS) is 12.3. The van der Waals surface area contributed by atoms with Crippen LogP contribution in [0.5, 0.6) is 0 Å². The molecule has 0 saturated carbocycles. The van der Waals surface area contributed by atoms with E-state index in [-0.39, 0.29) is 18.2 Å². The van der Waals surface area contributed by atoms with Crippen LogP contribution >= 0.6 is 0 Å². The summed E-state index contributed by atoms with van der Waals surface area (Å²) in [6.45, 7) is 4.19. The van der Waals surface area contributed by atoms with Gasteiger partial charge in [-0.1, -0.05) is 38.1 Å². The zero-order valence-electron chi connectivity index (χ0n) is 11.7. The number of rotatable bonds is 6. The zero-order chi connectivity index (χ0) is 14.4. The van der Waals surface area contributed by atoms with Gasteiger partial charge >= 0.3 is 5.97 Å². The topological polar surface area (TPSA) is 69.4 Å². The molecule has 104 valence electrons. The van der Waals surface area contributed by atoms with Crippen molar-refractivity contribution >= 4 is 11.8 Å². The summed E-state index contributed by atoms with van der Waals surface area (Å²) in [5.41, 5.74) is 7.56. The van der Waals surface area contributed by atoms with Gasteiger partial charge in [-0.25, -0.2) is 0 Å². The molecule has 1 aromatic carbocycles. The molecule has 19 heavy (non-hydrogen) atoms. The summed E-state index contributed by atoms with van der Waals surface area (Å²) in [7, 11) is 1.32. The molecule has 1 rings (SSSR count). The Morgan fingerprint density at radius 2 is 1.79 bits per heavy atom. The average molecular weight is 263 g/mol. The van der Waals surface area contributed by atoms with E-state index in [1.165, 1.54) is 12.7 Å². The number of Topliss-reactive ketones (excluding diaryl/α,β-unsaturated/α-hetero) is 1. The van der Waals surface area contributed by atoms with Crippen molar-refractivity contribution in [2.45, 2.75) is 38.6 Å². The van der Waals surface area contributed by atoms with Crippen LogP contribution in [0.25, 0.3) is 0 Å². The fourth-order valence-corrected chi connectivity index (χ4v) is 1.75. The minimum atomic E-state index is -0.663. The summed E-state index contributed by atoms with van der Waals surface area (Å²) in [6.07, 6.45) is 0.463. The quantitative estimate of drug-likeness (QED) is 0.631. The second kappa shape index (κ2) is 7.04. The van der Waals surface area contributed by atoms with E-state index in [2.05, 4.69) is 18.6 Å². The number of benzene rings is 1. The molecule has 1 aromatic rings. The van der Waals surface area contributed by atoms with Gasteiger partial charge in [0.25, 0.3) is 0 Å². The van der Waals surface area contributed by atoms with Crippen LogP contribution in [0.4, 0.5) is 0 Å². The lowest BCUT2D eigenvalue weighted by atomic mass is 9.97. The first-order valence-electron chi connectivity index (χ1n) is 6.42. The fourth-order valence-electron chi connectivity index (χ4n) is 1.75. The zero-order valence-corrected chi connectivity index (χ0v) is 11.7. The van der Waals surface area contributed by atoms with Crippen molar-refractivity contribution in [3.8, 4) is 0 Å². The number of hydrogen-bond acceptors (Lipinski definition) is 4. The van der Waals surface area contributed by atoms with E-state index in [9.17, 15) is 9.59 Å². The largest absolute Gasteiger partial charge is 0.469 e. The molecule has 0 aliphatic heterocycles. The van der Waals surface area contributed by atoms with Crippen LogP contribution in [0, 0.1) is 0 Å². The first kappa shape index (κ1) is 15.4. The van der Waals surface area contributed by atoms with Crippen LogP contribution in [-0.4, -0.2) is 24.9 Å². The van der Waals surface area contributed by atoms with Gasteiger partial charge in [-0.2, -0.15) is 0 Å². The first-order chi connectivity index (χ1) is 8.95. The molecule has 0 fully saturated rings. The lowest BCUT2D eigenvalue weighted by Crippen LogP contribution is -2.31. The van der Waals surface area contributed by atoms with E-state index in [1.807, 2.05) is 12.1 Å². The Morgan fingerprint density at radius 3 is 2.26 bits per heavy atom. The third-order valence-electron chi connectivity index (χ3n) is 3.09. The number of nitrogens with two attached hydrogens (primary N) is 1. The predicted molar refractivity (Wildman–Crippen MR) is 74.1 cm³/mol. The van der Waals surface area contributed by atoms with E-state index in [0.717, 1.165) is 0 Å². The summed E-state index contributed by atoms with van der Waals surface area (Å²) >= 11 is 0. The van der Waals surface area contributed by atoms with E-state index in [0.29, 0.717) is 17.9 Å². The SMILES string of the molecule is COC(=O)CCC(N)C(=O)c1ccc(C(C)C)cc1. The molecule has 1 unspecified atom stereocenters. The fraction of sp³-hybridized carbons (Fsp3) is 0.467. The van der Waals surface area contributed by atoms with Crippen LogP contribution in [-0.2, 0) is 9.53 Å². The summed E-state index contributed by atoms with van der Waals surface area (Å²) in [5, 5.41) is 0. The number of hydrogen-bond donors (Lipinski definition) is 1. The van der Waals surface area contributed by atoms with Crippen molar-refractivity contribution in [2.75, 3.05) is 7.11 Å². The molecule has 0 saturated heterocycles. The van der Waals surface area contributed by atoms with Gasteiger partial charge in [0.1, 0.15) is 0 Å². The Hall–Kier alpha value is -1.68. The molecule has 0 bridgehead atoms. The van der Waals surface area contributed by atoms with Crippen molar-refractivity contribution in [3.05, 3.63) is 35.4 Å². The van der Waals surface area contributed by atoms with Crippen LogP contribution in [0.1, 0.15) is 48.5 Å². The van der Waals surface area contributed by atoms with Crippen molar-refractivity contribution < 1.29 is 14.3 Å².